The van der Waals surface area contributed by atoms with Gasteiger partial charge in [0.1, 0.15) is 5.75 Å². The van der Waals surface area contributed by atoms with Gasteiger partial charge in [0, 0.05) is 55.3 Å². The third kappa shape index (κ3) is 6.35. The normalized spacial score (nSPS) is 15.0. The Balaban J connectivity index is 0.00000207. The number of nitrogens with zero attached hydrogens (tertiary/aromatic N) is 3. The second kappa shape index (κ2) is 13.3. The number of fused-ring (bicyclic) bond motifs is 5. The summed E-state index contributed by atoms with van der Waals surface area (Å²) in [4.78, 5) is 28.4. The van der Waals surface area contributed by atoms with Crippen molar-refractivity contribution in [2.24, 2.45) is 0 Å². The van der Waals surface area contributed by atoms with Crippen LogP contribution in [0.15, 0.2) is 42.0 Å². The minimum atomic E-state index is -3.96. The molecule has 0 bridgehead atoms. The van der Waals surface area contributed by atoms with E-state index >= 15 is 0 Å². The first-order chi connectivity index (χ1) is 20.6. The number of rotatable bonds is 7. The highest BCUT2D eigenvalue weighted by Gasteiger charge is 2.31. The van der Waals surface area contributed by atoms with E-state index in [1.54, 1.807) is 31.2 Å². The van der Waals surface area contributed by atoms with Crippen LogP contribution in [0, 0.1) is 0 Å². The number of methoxy groups -OCH3 is 1. The Morgan fingerprint density at radius 1 is 1.02 bits per heavy atom. The molecule has 0 radical (unpaired) electrons. The fourth-order valence-electron chi connectivity index (χ4n) is 5.97. The van der Waals surface area contributed by atoms with Gasteiger partial charge in [-0.2, -0.15) is 12.7 Å². The largest absolute Gasteiger partial charge is 0.497 e. The average molecular weight is 609 g/mol. The number of aromatic nitrogens is 1. The summed E-state index contributed by atoms with van der Waals surface area (Å²) in [6, 6.07) is 11.3. The van der Waals surface area contributed by atoms with E-state index in [1.165, 1.54) is 26.1 Å². The molecule has 5 rings (SSSR count). The second-order valence-electron chi connectivity index (χ2n) is 11.1. The molecule has 2 heterocycles. The molecule has 1 aliphatic heterocycles. The van der Waals surface area contributed by atoms with Gasteiger partial charge in [-0.3, -0.25) is 9.59 Å². The lowest BCUT2D eigenvalue weighted by Gasteiger charge is -2.24. The summed E-state index contributed by atoms with van der Waals surface area (Å²) in [6.45, 7) is 6.83. The number of hydrogen-bond donors (Lipinski definition) is 1. The number of carbonyl (C=O) groups excluding carboxylic acids is 2. The highest BCUT2D eigenvalue weighted by atomic mass is 32.2. The summed E-state index contributed by atoms with van der Waals surface area (Å²) in [7, 11) is 2.20. The maximum absolute atomic E-state index is 13.6. The van der Waals surface area contributed by atoms with Gasteiger partial charge in [0.05, 0.1) is 19.3 Å². The number of hydrogen-bond acceptors (Lipinski definition) is 5. The SMILES string of the molecule is CC.CCN(C)C(=O)C1=Cc2cc(OC)ccc2-c2c(C3CCCCC3)c3ccc(C(=O)NS(=O)(=O)N(C)C)cc3n2C1. The van der Waals surface area contributed by atoms with E-state index < -0.39 is 16.1 Å². The molecule has 0 spiro atoms. The maximum Gasteiger partial charge on any atom is 0.303 e. The molecule has 2 aromatic carbocycles. The number of amides is 2. The molecule has 2 amide bonds. The van der Waals surface area contributed by atoms with Gasteiger partial charge in [0.15, 0.2) is 0 Å². The quantitative estimate of drug-likeness (QED) is 0.365. The van der Waals surface area contributed by atoms with Crippen LogP contribution >= 0.6 is 0 Å². The van der Waals surface area contributed by atoms with Gasteiger partial charge < -0.3 is 14.2 Å². The van der Waals surface area contributed by atoms with Gasteiger partial charge >= 0.3 is 10.2 Å². The second-order valence-corrected chi connectivity index (χ2v) is 13.0. The van der Waals surface area contributed by atoms with Crippen molar-refractivity contribution in [2.45, 2.75) is 65.3 Å². The predicted molar refractivity (Wildman–Crippen MR) is 172 cm³/mol. The van der Waals surface area contributed by atoms with Crippen molar-refractivity contribution in [3.63, 3.8) is 0 Å². The first kappa shape index (κ1) is 32.3. The molecule has 43 heavy (non-hydrogen) atoms. The standard InChI is InChI=1S/C31H38N4O5S.C2H6/c1-6-34(4)31(37)23-16-22-17-24(40-5)13-15-25(22)29-28(20-10-8-7-9-11-20)26-14-12-21(18-27(26)35(29)19-23)30(36)32-41(38,39)33(2)3;1-2/h12-18,20H,6-11,19H2,1-5H3,(H,32,36);1-2H3. The molecule has 232 valence electrons. The Morgan fingerprint density at radius 2 is 1.72 bits per heavy atom. The van der Waals surface area contributed by atoms with Crippen molar-refractivity contribution in [3.8, 4) is 17.0 Å². The third-order valence-corrected chi connectivity index (χ3v) is 9.75. The zero-order chi connectivity index (χ0) is 31.5. The van der Waals surface area contributed by atoms with Gasteiger partial charge in [-0.15, -0.1) is 0 Å². The Labute approximate surface area is 255 Å². The molecular formula is C33H44N4O5S. The Kier molecular flexibility index (Phi) is 10.0. The van der Waals surface area contributed by atoms with Crippen molar-refractivity contribution in [3.05, 3.63) is 58.7 Å². The molecule has 1 fully saturated rings. The van der Waals surface area contributed by atoms with Crippen molar-refractivity contribution in [1.29, 1.82) is 0 Å². The Hall–Kier alpha value is -3.63. The zero-order valence-corrected chi connectivity index (χ0v) is 27.2. The molecular weight excluding hydrogens is 564 g/mol. The van der Waals surface area contributed by atoms with Crippen LogP contribution in [-0.4, -0.2) is 68.8 Å². The van der Waals surface area contributed by atoms with Gasteiger partial charge in [0.25, 0.3) is 11.8 Å². The molecule has 9 nitrogen and oxygen atoms in total. The van der Waals surface area contributed by atoms with E-state index in [0.717, 1.165) is 57.7 Å². The topological polar surface area (TPSA) is 101 Å². The average Bonchev–Trinajstić information content (AvgIpc) is 3.23. The monoisotopic (exact) mass is 608 g/mol. The molecule has 2 aliphatic rings. The van der Waals surface area contributed by atoms with Crippen molar-refractivity contribution < 1.29 is 22.7 Å². The Morgan fingerprint density at radius 3 is 2.35 bits per heavy atom. The molecule has 0 unspecified atom stereocenters. The number of likely N-dealkylation sites (N-methyl/N-ethyl adjacent to an activating group) is 1. The highest BCUT2D eigenvalue weighted by molar-refractivity contribution is 7.87. The number of nitrogens with one attached hydrogen (secondary N) is 1. The molecule has 0 atom stereocenters. The van der Waals surface area contributed by atoms with Gasteiger partial charge in [-0.05, 0) is 73.2 Å². The van der Waals surface area contributed by atoms with E-state index in [0.29, 0.717) is 30.3 Å². The lowest BCUT2D eigenvalue weighted by atomic mass is 9.81. The van der Waals surface area contributed by atoms with Crippen LogP contribution in [0.1, 0.15) is 80.3 Å². The van der Waals surface area contributed by atoms with Gasteiger partial charge in [-0.1, -0.05) is 39.2 Å². The highest BCUT2D eigenvalue weighted by Crippen LogP contribution is 2.47. The molecule has 1 saturated carbocycles. The summed E-state index contributed by atoms with van der Waals surface area (Å²) in [5.74, 6) is 0.273. The maximum atomic E-state index is 13.6. The first-order valence-electron chi connectivity index (χ1n) is 15.1. The van der Waals surface area contributed by atoms with E-state index in [-0.39, 0.29) is 11.5 Å². The van der Waals surface area contributed by atoms with Crippen molar-refractivity contribution in [2.75, 3.05) is 34.8 Å². The van der Waals surface area contributed by atoms with E-state index in [9.17, 15) is 18.0 Å². The predicted octanol–water partition coefficient (Wildman–Crippen LogP) is 5.80. The van der Waals surface area contributed by atoms with Crippen molar-refractivity contribution >= 4 is 39.0 Å². The molecule has 0 saturated heterocycles. The zero-order valence-electron chi connectivity index (χ0n) is 26.4. The van der Waals surface area contributed by atoms with Crippen LogP contribution < -0.4 is 9.46 Å². The smallest absolute Gasteiger partial charge is 0.303 e. The van der Waals surface area contributed by atoms with Crippen LogP contribution in [-0.2, 0) is 21.5 Å². The number of benzene rings is 2. The van der Waals surface area contributed by atoms with Crippen LogP contribution in [0.4, 0.5) is 0 Å². The first-order valence-corrected chi connectivity index (χ1v) is 16.5. The number of carbonyl (C=O) groups is 2. The van der Waals surface area contributed by atoms with Crippen LogP contribution in [0.3, 0.4) is 0 Å². The van der Waals surface area contributed by atoms with E-state index in [1.807, 2.05) is 45.0 Å². The summed E-state index contributed by atoms with van der Waals surface area (Å²) in [5.41, 5.74) is 5.85. The van der Waals surface area contributed by atoms with Crippen LogP contribution in [0.2, 0.25) is 0 Å². The van der Waals surface area contributed by atoms with Gasteiger partial charge in [0.2, 0.25) is 0 Å². The summed E-state index contributed by atoms with van der Waals surface area (Å²) in [5, 5.41) is 1.03. The summed E-state index contributed by atoms with van der Waals surface area (Å²) in [6.07, 6.45) is 7.61. The fourth-order valence-corrected chi connectivity index (χ4v) is 6.50. The van der Waals surface area contributed by atoms with Crippen LogP contribution in [0.5, 0.6) is 5.75 Å². The molecule has 1 N–H and O–H groups in total. The minimum absolute atomic E-state index is 0.0684. The fraction of sp³-hybridized carbons (Fsp3) is 0.455. The van der Waals surface area contributed by atoms with Crippen molar-refractivity contribution in [1.82, 2.24) is 18.5 Å². The lowest BCUT2D eigenvalue weighted by Crippen LogP contribution is -2.39. The molecule has 1 aliphatic carbocycles. The van der Waals surface area contributed by atoms with Gasteiger partial charge in [-0.25, -0.2) is 4.72 Å². The minimum Gasteiger partial charge on any atom is -0.497 e. The lowest BCUT2D eigenvalue weighted by molar-refractivity contribution is -0.125. The Bertz CT molecular complexity index is 1650. The summed E-state index contributed by atoms with van der Waals surface area (Å²) >= 11 is 0. The third-order valence-electron chi connectivity index (χ3n) is 8.35. The number of ether oxygens (including phenoxy) is 1. The molecule has 3 aromatic rings. The molecule has 1 aromatic heterocycles. The van der Waals surface area contributed by atoms with Crippen LogP contribution in [0.25, 0.3) is 28.2 Å². The summed E-state index contributed by atoms with van der Waals surface area (Å²) < 4.78 is 35.6. The van der Waals surface area contributed by atoms with E-state index in [2.05, 4.69) is 15.4 Å². The molecule has 10 heteroatoms. The van der Waals surface area contributed by atoms with E-state index in [4.69, 9.17) is 4.74 Å².